The molecule has 0 saturated heterocycles. The normalized spacial score (nSPS) is 17.3. The molecule has 0 unspecified atom stereocenters. The molecule has 1 aliphatic heterocycles. The van der Waals surface area contributed by atoms with Gasteiger partial charge in [0.05, 0.1) is 5.02 Å². The molecule has 0 aromatic heterocycles. The summed E-state index contributed by atoms with van der Waals surface area (Å²) in [6.45, 7) is 4.67. The predicted octanol–water partition coefficient (Wildman–Crippen LogP) is 2.57. The summed E-state index contributed by atoms with van der Waals surface area (Å²) in [5.41, 5.74) is 8.21. The number of halogens is 1. The van der Waals surface area contributed by atoms with Gasteiger partial charge in [-0.1, -0.05) is 23.3 Å². The van der Waals surface area contributed by atoms with E-state index in [1.807, 2.05) is 13.0 Å². The molecule has 6 heteroatoms. The Bertz CT molecular complexity index is 638. The summed E-state index contributed by atoms with van der Waals surface area (Å²) in [5.74, 6) is 0. The van der Waals surface area contributed by atoms with Crippen LogP contribution in [-0.4, -0.2) is 25.8 Å². The number of rotatable bonds is 2. The number of nitrogen functional groups attached to an aromatic ring is 1. The van der Waals surface area contributed by atoms with Gasteiger partial charge in [-0.3, -0.25) is 0 Å². The molecule has 0 amide bonds. The van der Waals surface area contributed by atoms with Gasteiger partial charge in [-0.25, -0.2) is 8.42 Å². The van der Waals surface area contributed by atoms with Gasteiger partial charge in [0, 0.05) is 18.8 Å². The van der Waals surface area contributed by atoms with Crippen LogP contribution in [0, 0.1) is 6.92 Å². The van der Waals surface area contributed by atoms with Gasteiger partial charge in [-0.05, 0) is 38.0 Å². The van der Waals surface area contributed by atoms with Crippen LogP contribution in [0.5, 0.6) is 0 Å². The maximum atomic E-state index is 12.5. The van der Waals surface area contributed by atoms with Crippen LogP contribution >= 0.6 is 11.6 Å². The zero-order chi connectivity index (χ0) is 14.2. The van der Waals surface area contributed by atoms with Crippen molar-refractivity contribution in [3.63, 3.8) is 0 Å². The summed E-state index contributed by atoms with van der Waals surface area (Å²) in [4.78, 5) is 0.0882. The molecule has 0 aliphatic carbocycles. The molecule has 104 valence electrons. The highest BCUT2D eigenvalue weighted by Gasteiger charge is 2.28. The Labute approximate surface area is 118 Å². The fourth-order valence-electron chi connectivity index (χ4n) is 1.98. The maximum Gasteiger partial charge on any atom is 0.244 e. The second-order valence-corrected chi connectivity index (χ2v) is 7.12. The number of hydrogen-bond donors (Lipinski definition) is 1. The highest BCUT2D eigenvalue weighted by molar-refractivity contribution is 7.89. The quantitative estimate of drug-likeness (QED) is 0.674. The molecule has 0 bridgehead atoms. The Morgan fingerprint density at radius 1 is 1.32 bits per heavy atom. The summed E-state index contributed by atoms with van der Waals surface area (Å²) in [7, 11) is -3.58. The first-order chi connectivity index (χ1) is 8.82. The van der Waals surface area contributed by atoms with E-state index < -0.39 is 10.0 Å². The topological polar surface area (TPSA) is 63.4 Å². The molecule has 2 N–H and O–H groups in total. The second-order valence-electron chi connectivity index (χ2n) is 4.80. The van der Waals surface area contributed by atoms with Crippen molar-refractivity contribution >= 4 is 27.3 Å². The molecule has 0 spiro atoms. The van der Waals surface area contributed by atoms with Crippen LogP contribution in [0.15, 0.2) is 28.7 Å². The van der Waals surface area contributed by atoms with E-state index in [4.69, 9.17) is 17.3 Å². The molecule has 1 aliphatic rings. The molecular weight excluding hydrogens is 284 g/mol. The third-order valence-electron chi connectivity index (χ3n) is 3.34. The fraction of sp³-hybridized carbons (Fsp3) is 0.385. The minimum atomic E-state index is -3.58. The van der Waals surface area contributed by atoms with E-state index in [2.05, 4.69) is 0 Å². The van der Waals surface area contributed by atoms with Gasteiger partial charge in [0.15, 0.2) is 0 Å². The minimum absolute atomic E-state index is 0.0882. The Kier molecular flexibility index (Phi) is 3.90. The van der Waals surface area contributed by atoms with E-state index in [1.54, 1.807) is 13.0 Å². The van der Waals surface area contributed by atoms with Crippen molar-refractivity contribution in [1.82, 2.24) is 4.31 Å². The van der Waals surface area contributed by atoms with Crippen LogP contribution in [0.2, 0.25) is 5.02 Å². The fourth-order valence-corrected chi connectivity index (χ4v) is 3.95. The minimum Gasteiger partial charge on any atom is -0.398 e. The van der Waals surface area contributed by atoms with Crippen molar-refractivity contribution in [1.29, 1.82) is 0 Å². The maximum absolute atomic E-state index is 12.5. The largest absolute Gasteiger partial charge is 0.398 e. The van der Waals surface area contributed by atoms with Crippen molar-refractivity contribution in [2.45, 2.75) is 25.2 Å². The SMILES string of the molecule is CC1=CCN(S(=O)(=O)c2cc(N)c(C)cc2Cl)CC1. The molecule has 1 aromatic carbocycles. The first-order valence-electron chi connectivity index (χ1n) is 6.04. The van der Waals surface area contributed by atoms with Crippen LogP contribution < -0.4 is 5.73 Å². The van der Waals surface area contributed by atoms with Gasteiger partial charge in [-0.2, -0.15) is 4.31 Å². The molecule has 19 heavy (non-hydrogen) atoms. The van der Waals surface area contributed by atoms with E-state index in [0.717, 1.165) is 12.0 Å². The Balaban J connectivity index is 2.43. The van der Waals surface area contributed by atoms with Gasteiger partial charge in [-0.15, -0.1) is 0 Å². The molecule has 0 fully saturated rings. The average molecular weight is 301 g/mol. The molecule has 0 saturated carbocycles. The van der Waals surface area contributed by atoms with Gasteiger partial charge in [0.2, 0.25) is 10.0 Å². The number of nitrogens with zero attached hydrogens (tertiary/aromatic N) is 1. The zero-order valence-electron chi connectivity index (χ0n) is 11.0. The summed E-state index contributed by atoms with van der Waals surface area (Å²) in [6, 6.07) is 3.03. The Hall–Kier alpha value is -1.04. The molecule has 1 aromatic rings. The van der Waals surface area contributed by atoms with E-state index in [-0.39, 0.29) is 9.92 Å². The molecule has 2 rings (SSSR count). The molecule has 1 heterocycles. The van der Waals surface area contributed by atoms with Crippen LogP contribution in [0.25, 0.3) is 0 Å². The van der Waals surface area contributed by atoms with Gasteiger partial charge >= 0.3 is 0 Å². The van der Waals surface area contributed by atoms with Crippen LogP contribution in [0.4, 0.5) is 5.69 Å². The van der Waals surface area contributed by atoms with E-state index >= 15 is 0 Å². The number of nitrogens with two attached hydrogens (primary N) is 1. The lowest BCUT2D eigenvalue weighted by atomic mass is 10.1. The van der Waals surface area contributed by atoms with Gasteiger partial charge < -0.3 is 5.73 Å². The summed E-state index contributed by atoms with van der Waals surface area (Å²) in [6.07, 6.45) is 2.67. The molecular formula is C13H17ClN2O2S. The lowest BCUT2D eigenvalue weighted by Gasteiger charge is -2.25. The number of benzene rings is 1. The smallest absolute Gasteiger partial charge is 0.244 e. The Morgan fingerprint density at radius 2 is 2.00 bits per heavy atom. The number of anilines is 1. The van der Waals surface area contributed by atoms with E-state index in [0.29, 0.717) is 18.8 Å². The highest BCUT2D eigenvalue weighted by Crippen LogP contribution is 2.30. The van der Waals surface area contributed by atoms with Crippen molar-refractivity contribution in [3.05, 3.63) is 34.4 Å². The molecule has 0 radical (unpaired) electrons. The third kappa shape index (κ3) is 2.78. The molecule has 4 nitrogen and oxygen atoms in total. The van der Waals surface area contributed by atoms with Gasteiger partial charge in [0.25, 0.3) is 0 Å². The average Bonchev–Trinajstić information content (AvgIpc) is 2.34. The number of sulfonamides is 1. The lowest BCUT2D eigenvalue weighted by Crippen LogP contribution is -2.34. The summed E-state index contributed by atoms with van der Waals surface area (Å²) >= 11 is 6.06. The number of aryl methyl sites for hydroxylation is 1. The highest BCUT2D eigenvalue weighted by atomic mass is 35.5. The monoisotopic (exact) mass is 300 g/mol. The van der Waals surface area contributed by atoms with Gasteiger partial charge in [0.1, 0.15) is 4.90 Å². The summed E-state index contributed by atoms with van der Waals surface area (Å²) < 4.78 is 26.5. The van der Waals surface area contributed by atoms with Crippen molar-refractivity contribution < 1.29 is 8.42 Å². The van der Waals surface area contributed by atoms with Crippen molar-refractivity contribution in [2.75, 3.05) is 18.8 Å². The Morgan fingerprint density at radius 3 is 2.58 bits per heavy atom. The standard InChI is InChI=1S/C13H17ClN2O2S/c1-9-3-5-16(6-4-9)19(17,18)13-8-12(15)10(2)7-11(13)14/h3,7-8H,4-6,15H2,1-2H3. The van der Waals surface area contributed by atoms with Crippen molar-refractivity contribution in [2.24, 2.45) is 0 Å². The van der Waals surface area contributed by atoms with Crippen LogP contribution in [0.3, 0.4) is 0 Å². The first kappa shape index (κ1) is 14.4. The molecule has 0 atom stereocenters. The van der Waals surface area contributed by atoms with E-state index in [9.17, 15) is 8.42 Å². The zero-order valence-corrected chi connectivity index (χ0v) is 12.6. The lowest BCUT2D eigenvalue weighted by molar-refractivity contribution is 0.431. The first-order valence-corrected chi connectivity index (χ1v) is 7.85. The third-order valence-corrected chi connectivity index (χ3v) is 5.67. The van der Waals surface area contributed by atoms with E-state index in [1.165, 1.54) is 15.9 Å². The number of hydrogen-bond acceptors (Lipinski definition) is 3. The summed E-state index contributed by atoms with van der Waals surface area (Å²) in [5, 5.41) is 0.220. The second kappa shape index (κ2) is 5.15. The predicted molar refractivity (Wildman–Crippen MR) is 77.7 cm³/mol. The van der Waals surface area contributed by atoms with Crippen molar-refractivity contribution in [3.8, 4) is 0 Å². The van der Waals surface area contributed by atoms with Crippen LogP contribution in [0.1, 0.15) is 18.9 Å². The van der Waals surface area contributed by atoms with Crippen LogP contribution in [-0.2, 0) is 10.0 Å².